The van der Waals surface area contributed by atoms with Gasteiger partial charge in [-0.2, -0.15) is 5.26 Å². The fourth-order valence-corrected chi connectivity index (χ4v) is 2.69. The van der Waals surface area contributed by atoms with E-state index in [1.807, 2.05) is 30.1 Å². The Bertz CT molecular complexity index is 497. The molecule has 0 fully saturated rings. The van der Waals surface area contributed by atoms with Crippen LogP contribution in [0.3, 0.4) is 0 Å². The van der Waals surface area contributed by atoms with Gasteiger partial charge in [0.25, 0.3) is 0 Å². The third kappa shape index (κ3) is 4.46. The highest BCUT2D eigenvalue weighted by Gasteiger charge is 2.12. The van der Waals surface area contributed by atoms with Gasteiger partial charge in [-0.05, 0) is 24.3 Å². The van der Waals surface area contributed by atoms with Crippen LogP contribution in [0, 0.1) is 11.3 Å². The first-order chi connectivity index (χ1) is 9.63. The molecule has 0 bridgehead atoms. The van der Waals surface area contributed by atoms with Gasteiger partial charge in [-0.25, -0.2) is 0 Å². The predicted molar refractivity (Wildman–Crippen MR) is 82.1 cm³/mol. The molecule has 4 nitrogen and oxygen atoms in total. The Morgan fingerprint density at radius 2 is 2.25 bits per heavy atom. The Morgan fingerprint density at radius 1 is 1.50 bits per heavy atom. The molecule has 0 N–H and O–H groups in total. The number of anilines is 1. The highest BCUT2D eigenvalue weighted by Crippen LogP contribution is 2.29. The van der Waals surface area contributed by atoms with Gasteiger partial charge in [-0.1, -0.05) is 13.0 Å². The summed E-state index contributed by atoms with van der Waals surface area (Å²) in [5.41, 5.74) is 1.62. The number of methoxy groups -OCH3 is 1. The van der Waals surface area contributed by atoms with Gasteiger partial charge < -0.3 is 9.64 Å². The number of esters is 1. The lowest BCUT2D eigenvalue weighted by Crippen LogP contribution is -2.20. The van der Waals surface area contributed by atoms with Gasteiger partial charge in [0.05, 0.1) is 18.4 Å². The van der Waals surface area contributed by atoms with Crippen LogP contribution in [0.4, 0.5) is 5.69 Å². The number of carbonyl (C=O) groups excluding carboxylic acids is 1. The minimum absolute atomic E-state index is 0.200. The number of nitriles is 1. The average molecular weight is 292 g/mol. The van der Waals surface area contributed by atoms with Crippen molar-refractivity contribution in [2.45, 2.75) is 24.7 Å². The molecule has 0 saturated carbocycles. The Morgan fingerprint density at radius 3 is 2.85 bits per heavy atom. The Kier molecular flexibility index (Phi) is 6.96. The maximum absolute atomic E-state index is 11.1. The van der Waals surface area contributed by atoms with Gasteiger partial charge >= 0.3 is 5.97 Å². The zero-order chi connectivity index (χ0) is 15.0. The summed E-state index contributed by atoms with van der Waals surface area (Å²) in [5, 5.41) is 9.36. The van der Waals surface area contributed by atoms with Crippen LogP contribution in [0.25, 0.3) is 0 Å². The number of hydrogen-bond donors (Lipinski definition) is 0. The molecule has 5 heteroatoms. The molecule has 1 aromatic rings. The van der Waals surface area contributed by atoms with E-state index >= 15 is 0 Å². The van der Waals surface area contributed by atoms with Crippen LogP contribution in [0.15, 0.2) is 23.1 Å². The van der Waals surface area contributed by atoms with E-state index in [1.165, 1.54) is 7.11 Å². The average Bonchev–Trinajstić information content (AvgIpc) is 2.46. The Labute approximate surface area is 124 Å². The topological polar surface area (TPSA) is 53.3 Å². The zero-order valence-corrected chi connectivity index (χ0v) is 13.0. The highest BCUT2D eigenvalue weighted by molar-refractivity contribution is 7.99. The van der Waals surface area contributed by atoms with Crippen LogP contribution < -0.4 is 4.90 Å². The SMILES string of the molecule is CCSc1cccc(N(C)CCCC(=O)OC)c1C#N. The smallest absolute Gasteiger partial charge is 0.305 e. The Hall–Kier alpha value is -1.67. The third-order valence-electron chi connectivity index (χ3n) is 2.93. The summed E-state index contributed by atoms with van der Waals surface area (Å²) in [6, 6.07) is 8.16. The molecule has 0 amide bonds. The molecule has 0 heterocycles. The zero-order valence-electron chi connectivity index (χ0n) is 12.2. The van der Waals surface area contributed by atoms with E-state index in [-0.39, 0.29) is 5.97 Å². The summed E-state index contributed by atoms with van der Waals surface area (Å²) in [6.45, 7) is 2.78. The molecule has 0 aliphatic heterocycles. The molecule has 0 spiro atoms. The number of nitrogens with zero attached hydrogens (tertiary/aromatic N) is 2. The van der Waals surface area contributed by atoms with Crippen LogP contribution in [0.2, 0.25) is 0 Å². The van der Waals surface area contributed by atoms with E-state index < -0.39 is 0 Å². The van der Waals surface area contributed by atoms with Crippen molar-refractivity contribution in [3.05, 3.63) is 23.8 Å². The Balaban J connectivity index is 2.77. The summed E-state index contributed by atoms with van der Waals surface area (Å²) in [6.07, 6.45) is 1.10. The molecule has 0 atom stereocenters. The summed E-state index contributed by atoms with van der Waals surface area (Å²) in [4.78, 5) is 14.1. The van der Waals surface area contributed by atoms with Crippen molar-refractivity contribution in [2.24, 2.45) is 0 Å². The van der Waals surface area contributed by atoms with Gasteiger partial charge in [0.15, 0.2) is 0 Å². The quantitative estimate of drug-likeness (QED) is 0.571. The van der Waals surface area contributed by atoms with Crippen molar-refractivity contribution in [3.63, 3.8) is 0 Å². The van der Waals surface area contributed by atoms with Crippen molar-refractivity contribution < 1.29 is 9.53 Å². The van der Waals surface area contributed by atoms with Crippen LogP contribution in [0.5, 0.6) is 0 Å². The largest absolute Gasteiger partial charge is 0.469 e. The summed E-state index contributed by atoms with van der Waals surface area (Å²) in [7, 11) is 3.33. The summed E-state index contributed by atoms with van der Waals surface area (Å²) < 4.78 is 4.62. The molecule has 20 heavy (non-hydrogen) atoms. The first-order valence-corrected chi connectivity index (χ1v) is 7.56. The van der Waals surface area contributed by atoms with Gasteiger partial charge in [-0.15, -0.1) is 11.8 Å². The monoisotopic (exact) mass is 292 g/mol. The highest BCUT2D eigenvalue weighted by atomic mass is 32.2. The fraction of sp³-hybridized carbons (Fsp3) is 0.467. The van der Waals surface area contributed by atoms with E-state index in [1.54, 1.807) is 11.8 Å². The van der Waals surface area contributed by atoms with Crippen LogP contribution in [0.1, 0.15) is 25.3 Å². The van der Waals surface area contributed by atoms with Crippen LogP contribution in [-0.2, 0) is 9.53 Å². The van der Waals surface area contributed by atoms with Gasteiger partial charge in [0, 0.05) is 24.9 Å². The molecule has 108 valence electrons. The number of ether oxygens (including phenoxy) is 1. The van der Waals surface area contributed by atoms with Gasteiger partial charge in [0.1, 0.15) is 6.07 Å². The van der Waals surface area contributed by atoms with Crippen molar-refractivity contribution in [2.75, 3.05) is 31.4 Å². The molecule has 0 aromatic heterocycles. The molecular weight excluding hydrogens is 272 g/mol. The molecule has 0 aliphatic rings. The van der Waals surface area contributed by atoms with E-state index in [9.17, 15) is 10.1 Å². The lowest BCUT2D eigenvalue weighted by molar-refractivity contribution is -0.140. The van der Waals surface area contributed by atoms with Crippen molar-refractivity contribution in [3.8, 4) is 6.07 Å². The van der Waals surface area contributed by atoms with Crippen molar-refractivity contribution in [1.29, 1.82) is 5.26 Å². The maximum Gasteiger partial charge on any atom is 0.305 e. The molecular formula is C15H20N2O2S. The number of carbonyl (C=O) groups is 1. The minimum atomic E-state index is -0.200. The first-order valence-electron chi connectivity index (χ1n) is 6.57. The second-order valence-electron chi connectivity index (χ2n) is 4.30. The van der Waals surface area contributed by atoms with E-state index in [0.717, 1.165) is 16.3 Å². The molecule has 0 aliphatic carbocycles. The third-order valence-corrected chi connectivity index (χ3v) is 3.87. The molecule has 0 unspecified atom stereocenters. The summed E-state index contributed by atoms with van der Waals surface area (Å²) >= 11 is 1.67. The normalized spacial score (nSPS) is 9.90. The van der Waals surface area contributed by atoms with E-state index in [2.05, 4.69) is 17.7 Å². The summed E-state index contributed by atoms with van der Waals surface area (Å²) in [5.74, 6) is 0.735. The number of thioether (sulfide) groups is 1. The second-order valence-corrected chi connectivity index (χ2v) is 5.60. The number of benzene rings is 1. The standard InChI is InChI=1S/C15H20N2O2S/c1-4-20-14-8-5-7-13(12(14)11-16)17(2)10-6-9-15(18)19-3/h5,7-8H,4,6,9-10H2,1-3H3. The van der Waals surface area contributed by atoms with Crippen molar-refractivity contribution >= 4 is 23.4 Å². The molecule has 0 radical (unpaired) electrons. The van der Waals surface area contributed by atoms with Gasteiger partial charge in [-0.3, -0.25) is 4.79 Å². The molecule has 1 aromatic carbocycles. The molecule has 1 rings (SSSR count). The van der Waals surface area contributed by atoms with Crippen LogP contribution in [-0.4, -0.2) is 32.4 Å². The predicted octanol–water partition coefficient (Wildman–Crippen LogP) is 3.06. The van der Waals surface area contributed by atoms with E-state index in [4.69, 9.17) is 0 Å². The van der Waals surface area contributed by atoms with Gasteiger partial charge in [0.2, 0.25) is 0 Å². The second kappa shape index (κ2) is 8.49. The fourth-order valence-electron chi connectivity index (χ4n) is 1.91. The lowest BCUT2D eigenvalue weighted by Gasteiger charge is -2.21. The first kappa shape index (κ1) is 16.4. The number of hydrogen-bond acceptors (Lipinski definition) is 5. The minimum Gasteiger partial charge on any atom is -0.469 e. The lowest BCUT2D eigenvalue weighted by atomic mass is 10.1. The number of rotatable bonds is 7. The van der Waals surface area contributed by atoms with Crippen LogP contribution >= 0.6 is 11.8 Å². The molecule has 0 saturated heterocycles. The van der Waals surface area contributed by atoms with E-state index in [0.29, 0.717) is 24.9 Å². The maximum atomic E-state index is 11.1. The van der Waals surface area contributed by atoms with Crippen molar-refractivity contribution in [1.82, 2.24) is 0 Å².